The van der Waals surface area contributed by atoms with Crippen LogP contribution in [0.25, 0.3) is 0 Å². The third-order valence-electron chi connectivity index (χ3n) is 2.14. The summed E-state index contributed by atoms with van der Waals surface area (Å²) in [5, 5.41) is 0. The number of carbonyl (C=O) groups excluding carboxylic acids is 1. The molecule has 0 atom stereocenters. The smallest absolute Gasteiger partial charge is 0.338 e. The molecular formula is C12H18N3O2+. The summed E-state index contributed by atoms with van der Waals surface area (Å²) in [6.45, 7) is 1.09. The van der Waals surface area contributed by atoms with Crippen molar-refractivity contribution in [1.82, 2.24) is 0 Å². The Bertz CT molecular complexity index is 373. The standard InChI is InChI=1S/C12H17N3O2/c13-12(14)15-8-4-5-9-17-11(16)10-6-2-1-3-7-10/h1-3,6-7H,4-5,8-9H2,(H4,13,14,15)/p+1. The Kier molecular flexibility index (Phi) is 5.57. The molecule has 1 aromatic carbocycles. The Morgan fingerprint density at radius 2 is 1.88 bits per heavy atom. The van der Waals surface area contributed by atoms with Gasteiger partial charge in [-0.25, -0.2) is 4.79 Å². The van der Waals surface area contributed by atoms with Crippen molar-refractivity contribution < 1.29 is 14.5 Å². The second-order valence-electron chi connectivity index (χ2n) is 3.59. The first-order chi connectivity index (χ1) is 8.20. The van der Waals surface area contributed by atoms with Crippen molar-refractivity contribution in [2.24, 2.45) is 11.5 Å². The zero-order valence-electron chi connectivity index (χ0n) is 9.69. The number of ether oxygens (including phenoxy) is 1. The fourth-order valence-corrected chi connectivity index (χ4v) is 1.28. The van der Waals surface area contributed by atoms with Crippen molar-refractivity contribution in [2.75, 3.05) is 13.2 Å². The van der Waals surface area contributed by atoms with Crippen LogP contribution < -0.4 is 16.5 Å². The quantitative estimate of drug-likeness (QED) is 0.255. The minimum atomic E-state index is -0.288. The molecule has 0 unspecified atom stereocenters. The lowest BCUT2D eigenvalue weighted by Crippen LogP contribution is -2.78. The highest BCUT2D eigenvalue weighted by molar-refractivity contribution is 5.89. The van der Waals surface area contributed by atoms with Gasteiger partial charge >= 0.3 is 11.9 Å². The van der Waals surface area contributed by atoms with Gasteiger partial charge in [-0.2, -0.15) is 0 Å². The number of carbonyl (C=O) groups is 1. The molecule has 92 valence electrons. The maximum Gasteiger partial charge on any atom is 0.338 e. The van der Waals surface area contributed by atoms with Crippen LogP contribution in [0.3, 0.4) is 0 Å². The third kappa shape index (κ3) is 5.55. The van der Waals surface area contributed by atoms with Gasteiger partial charge in [0, 0.05) is 0 Å². The molecule has 0 aliphatic carbocycles. The Morgan fingerprint density at radius 3 is 2.53 bits per heavy atom. The minimum Gasteiger partial charge on any atom is -0.462 e. The molecule has 5 heteroatoms. The van der Waals surface area contributed by atoms with E-state index in [0.29, 0.717) is 18.7 Å². The number of guanidine groups is 1. The SMILES string of the molecule is NC(N)=[NH+]CCCCOC(=O)c1ccccc1. The second-order valence-corrected chi connectivity index (χ2v) is 3.59. The van der Waals surface area contributed by atoms with E-state index >= 15 is 0 Å². The van der Waals surface area contributed by atoms with Gasteiger partial charge in [-0.3, -0.25) is 16.5 Å². The summed E-state index contributed by atoms with van der Waals surface area (Å²) in [7, 11) is 0. The molecule has 0 aliphatic heterocycles. The van der Waals surface area contributed by atoms with Crippen LogP contribution in [-0.2, 0) is 4.74 Å². The predicted molar refractivity (Wildman–Crippen MR) is 65.2 cm³/mol. The molecule has 0 aromatic heterocycles. The Hall–Kier alpha value is -2.04. The van der Waals surface area contributed by atoms with E-state index in [1.165, 1.54) is 0 Å². The van der Waals surface area contributed by atoms with Gasteiger partial charge in [0.05, 0.1) is 18.7 Å². The normalized spacial score (nSPS) is 9.65. The van der Waals surface area contributed by atoms with Crippen molar-refractivity contribution in [3.8, 4) is 0 Å². The second kappa shape index (κ2) is 7.27. The van der Waals surface area contributed by atoms with E-state index in [0.717, 1.165) is 12.8 Å². The highest BCUT2D eigenvalue weighted by atomic mass is 16.5. The molecule has 1 rings (SSSR count). The van der Waals surface area contributed by atoms with Crippen LogP contribution in [0.15, 0.2) is 30.3 Å². The zero-order valence-corrected chi connectivity index (χ0v) is 9.69. The molecule has 0 bridgehead atoms. The van der Waals surface area contributed by atoms with E-state index in [1.807, 2.05) is 6.07 Å². The first kappa shape index (κ1) is 13.0. The van der Waals surface area contributed by atoms with Crippen molar-refractivity contribution in [3.05, 3.63) is 35.9 Å². The summed E-state index contributed by atoms with van der Waals surface area (Å²) >= 11 is 0. The van der Waals surface area contributed by atoms with E-state index < -0.39 is 0 Å². The fourth-order valence-electron chi connectivity index (χ4n) is 1.28. The largest absolute Gasteiger partial charge is 0.462 e. The molecule has 5 nitrogen and oxygen atoms in total. The molecule has 0 aliphatic rings. The average molecular weight is 236 g/mol. The minimum absolute atomic E-state index is 0.214. The average Bonchev–Trinajstić information content (AvgIpc) is 2.34. The van der Waals surface area contributed by atoms with Crippen molar-refractivity contribution in [1.29, 1.82) is 0 Å². The first-order valence-corrected chi connectivity index (χ1v) is 5.54. The van der Waals surface area contributed by atoms with E-state index in [9.17, 15) is 4.79 Å². The van der Waals surface area contributed by atoms with E-state index in [-0.39, 0.29) is 11.9 Å². The van der Waals surface area contributed by atoms with Crippen molar-refractivity contribution in [2.45, 2.75) is 12.8 Å². The van der Waals surface area contributed by atoms with Gasteiger partial charge in [0.25, 0.3) is 0 Å². The Morgan fingerprint density at radius 1 is 1.18 bits per heavy atom. The molecule has 5 N–H and O–H groups in total. The monoisotopic (exact) mass is 236 g/mol. The maximum atomic E-state index is 11.5. The van der Waals surface area contributed by atoms with Gasteiger partial charge in [-0.1, -0.05) is 18.2 Å². The van der Waals surface area contributed by atoms with Crippen LogP contribution >= 0.6 is 0 Å². The lowest BCUT2D eigenvalue weighted by atomic mass is 10.2. The van der Waals surface area contributed by atoms with Gasteiger partial charge in [0.15, 0.2) is 0 Å². The highest BCUT2D eigenvalue weighted by Crippen LogP contribution is 2.01. The fraction of sp³-hybridized carbons (Fsp3) is 0.333. The predicted octanol–water partition coefficient (Wildman–Crippen LogP) is -1.02. The summed E-state index contributed by atoms with van der Waals surface area (Å²) in [5.74, 6) is -0.0743. The van der Waals surface area contributed by atoms with Gasteiger partial charge in [0.2, 0.25) is 0 Å². The summed E-state index contributed by atoms with van der Waals surface area (Å²) < 4.78 is 5.10. The number of unbranched alkanes of at least 4 members (excludes halogenated alkanes) is 1. The van der Waals surface area contributed by atoms with E-state index in [4.69, 9.17) is 16.2 Å². The molecule has 0 spiro atoms. The van der Waals surface area contributed by atoms with Gasteiger partial charge in [0.1, 0.15) is 0 Å². The zero-order chi connectivity index (χ0) is 12.5. The van der Waals surface area contributed by atoms with Crippen LogP contribution in [0, 0.1) is 0 Å². The molecule has 0 fully saturated rings. The summed E-state index contributed by atoms with van der Waals surface area (Å²) in [5.41, 5.74) is 11.0. The first-order valence-electron chi connectivity index (χ1n) is 5.54. The summed E-state index contributed by atoms with van der Waals surface area (Å²) in [6, 6.07) is 8.93. The molecule has 17 heavy (non-hydrogen) atoms. The number of nitrogens with one attached hydrogen (secondary N) is 1. The van der Waals surface area contributed by atoms with Crippen LogP contribution in [-0.4, -0.2) is 25.1 Å². The number of nitrogens with two attached hydrogens (primary N) is 2. The molecule has 0 saturated carbocycles. The Balaban J connectivity index is 2.15. The van der Waals surface area contributed by atoms with Crippen LogP contribution in [0.5, 0.6) is 0 Å². The van der Waals surface area contributed by atoms with Crippen molar-refractivity contribution >= 4 is 11.9 Å². The molecule has 0 saturated heterocycles. The molecular weight excluding hydrogens is 218 g/mol. The lowest BCUT2D eigenvalue weighted by Gasteiger charge is -2.03. The summed E-state index contributed by atoms with van der Waals surface area (Å²) in [4.78, 5) is 14.3. The van der Waals surface area contributed by atoms with E-state index in [1.54, 1.807) is 24.3 Å². The topological polar surface area (TPSA) is 92.3 Å². The number of hydrogen-bond donors (Lipinski definition) is 3. The third-order valence-corrected chi connectivity index (χ3v) is 2.14. The van der Waals surface area contributed by atoms with Crippen molar-refractivity contribution in [3.63, 3.8) is 0 Å². The molecule has 0 amide bonds. The van der Waals surface area contributed by atoms with Gasteiger partial charge in [-0.05, 0) is 25.0 Å². The Labute approximate surface area is 100 Å². The van der Waals surface area contributed by atoms with E-state index in [2.05, 4.69) is 4.99 Å². The lowest BCUT2D eigenvalue weighted by molar-refractivity contribution is -0.459. The number of benzene rings is 1. The molecule has 0 radical (unpaired) electrons. The molecule has 1 aromatic rings. The number of esters is 1. The van der Waals surface area contributed by atoms with Crippen LogP contribution in [0.1, 0.15) is 23.2 Å². The number of hydrogen-bond acceptors (Lipinski definition) is 2. The maximum absolute atomic E-state index is 11.5. The van der Waals surface area contributed by atoms with Crippen LogP contribution in [0.4, 0.5) is 0 Å². The van der Waals surface area contributed by atoms with Gasteiger partial charge < -0.3 is 4.74 Å². The number of rotatable bonds is 6. The van der Waals surface area contributed by atoms with Crippen LogP contribution in [0.2, 0.25) is 0 Å². The highest BCUT2D eigenvalue weighted by Gasteiger charge is 2.04. The molecule has 0 heterocycles. The summed E-state index contributed by atoms with van der Waals surface area (Å²) in [6.07, 6.45) is 1.62. The van der Waals surface area contributed by atoms with Gasteiger partial charge in [-0.15, -0.1) is 0 Å².